The quantitative estimate of drug-likeness (QED) is 0.251. The van der Waals surface area contributed by atoms with Crippen LogP contribution in [0.3, 0.4) is 0 Å². The number of nitrogens with one attached hydrogen (secondary N) is 2. The number of nitrogens with zero attached hydrogens (tertiary/aromatic N) is 2. The van der Waals surface area contributed by atoms with Gasteiger partial charge in [-0.15, -0.1) is 23.1 Å². The third kappa shape index (κ3) is 7.38. The minimum absolute atomic E-state index is 0. The minimum atomic E-state index is -1.01. The molecule has 2 aliphatic rings. The monoisotopic (exact) mass is 559 g/mol. The molecule has 12 heteroatoms. The summed E-state index contributed by atoms with van der Waals surface area (Å²) < 4.78 is 5.64. The van der Waals surface area contributed by atoms with Crippen molar-refractivity contribution in [2.45, 2.75) is 57.8 Å². The van der Waals surface area contributed by atoms with Gasteiger partial charge in [0.15, 0.2) is 0 Å². The van der Waals surface area contributed by atoms with Gasteiger partial charge in [-0.1, -0.05) is 26.3 Å². The van der Waals surface area contributed by atoms with E-state index in [-0.39, 0.29) is 50.2 Å². The predicted molar refractivity (Wildman–Crippen MR) is 129 cm³/mol. The smallest absolute Gasteiger partial charge is 0.329 e. The van der Waals surface area contributed by atoms with E-state index in [0.717, 1.165) is 5.01 Å². The first-order valence-corrected chi connectivity index (χ1v) is 12.9. The first-order valence-electron chi connectivity index (χ1n) is 10.4. The van der Waals surface area contributed by atoms with Gasteiger partial charge in [-0.05, 0) is 18.9 Å². The van der Waals surface area contributed by atoms with Crippen molar-refractivity contribution in [3.05, 3.63) is 28.2 Å². The molecule has 0 aliphatic carbocycles. The first kappa shape index (κ1) is 28.0. The standard InChI is InChI=1S/C21H28N4O4S3.Zn/c1-12(2)17-19(27)29-13(6-4-5-7-30)8-15(26)22-9-16-23-14(10-31-16)18-25-21(3,11-32-18)20(28)24-17;/h4,6,10,12-13,17,30H,5,7-9,11H2,1-3H3,(H,22,26)(H,24,28);/p-1/b6-4+;/t13-,17+,21+;/m1./s1. The zero-order valence-electron chi connectivity index (χ0n) is 19.0. The molecule has 2 N–H and O–H groups in total. The zero-order chi connectivity index (χ0) is 23.3. The molecule has 0 fully saturated rings. The number of carbonyl (C=O) groups is 3. The molecule has 2 amide bonds. The number of allylic oxidation sites excluding steroid dienone is 1. The fourth-order valence-electron chi connectivity index (χ4n) is 3.15. The van der Waals surface area contributed by atoms with E-state index in [9.17, 15) is 14.4 Å². The molecule has 0 radical (unpaired) electrons. The molecule has 33 heavy (non-hydrogen) atoms. The Labute approximate surface area is 220 Å². The van der Waals surface area contributed by atoms with Gasteiger partial charge < -0.3 is 28.0 Å². The van der Waals surface area contributed by atoms with Crippen LogP contribution in [-0.2, 0) is 57.8 Å². The van der Waals surface area contributed by atoms with Gasteiger partial charge in [0, 0.05) is 30.6 Å². The van der Waals surface area contributed by atoms with E-state index in [4.69, 9.17) is 17.4 Å². The zero-order valence-corrected chi connectivity index (χ0v) is 24.4. The van der Waals surface area contributed by atoms with E-state index in [1.165, 1.54) is 23.1 Å². The molecule has 4 bridgehead atoms. The number of aromatic nitrogens is 1. The maximum atomic E-state index is 13.1. The molecule has 3 heterocycles. The second-order valence-electron chi connectivity index (χ2n) is 8.18. The van der Waals surface area contributed by atoms with Crippen molar-refractivity contribution in [1.29, 1.82) is 0 Å². The van der Waals surface area contributed by atoms with Gasteiger partial charge >= 0.3 is 5.97 Å². The number of hydrogen-bond acceptors (Lipinski definition) is 9. The Morgan fingerprint density at radius 1 is 1.36 bits per heavy atom. The van der Waals surface area contributed by atoms with Gasteiger partial charge in [-0.2, -0.15) is 5.75 Å². The molecular weight excluding hydrogens is 534 g/mol. The van der Waals surface area contributed by atoms with Crippen molar-refractivity contribution in [3.8, 4) is 0 Å². The van der Waals surface area contributed by atoms with E-state index in [2.05, 4.69) is 20.6 Å². The van der Waals surface area contributed by atoms with Crippen LogP contribution in [0, 0.1) is 5.92 Å². The SMILES string of the molecule is CC(C)[C@@H]1NC(=O)[C@]2(C)CSC(=N2)c2csc(n2)CNC(=O)C[C@@H](/C=C/CC[S-])OC1=O.[Zn]. The molecule has 0 aromatic carbocycles. The van der Waals surface area contributed by atoms with Crippen molar-refractivity contribution in [2.24, 2.45) is 10.9 Å². The molecule has 176 valence electrons. The van der Waals surface area contributed by atoms with Crippen LogP contribution in [0.25, 0.3) is 0 Å². The number of rotatable bonds is 4. The molecule has 0 unspecified atom stereocenters. The molecule has 1 aromatic rings. The maximum absolute atomic E-state index is 13.1. The topological polar surface area (TPSA) is 110 Å². The summed E-state index contributed by atoms with van der Waals surface area (Å²) in [5.41, 5.74) is -0.317. The van der Waals surface area contributed by atoms with E-state index in [1.54, 1.807) is 19.1 Å². The normalized spacial score (nSPS) is 26.5. The summed E-state index contributed by atoms with van der Waals surface area (Å²) >= 11 is 7.83. The minimum Gasteiger partial charge on any atom is -0.792 e. The summed E-state index contributed by atoms with van der Waals surface area (Å²) in [5, 5.41) is 8.94. The summed E-state index contributed by atoms with van der Waals surface area (Å²) in [6.45, 7) is 5.68. The second-order valence-corrected chi connectivity index (χ2v) is 10.5. The van der Waals surface area contributed by atoms with E-state index < -0.39 is 23.7 Å². The van der Waals surface area contributed by atoms with Crippen molar-refractivity contribution >= 4 is 58.6 Å². The number of ether oxygens (including phenoxy) is 1. The Hall–Kier alpha value is -1.23. The summed E-state index contributed by atoms with van der Waals surface area (Å²) in [6, 6.07) is -0.861. The predicted octanol–water partition coefficient (Wildman–Crippen LogP) is 1.96. The van der Waals surface area contributed by atoms with Crippen LogP contribution in [-0.4, -0.2) is 57.0 Å². The first-order chi connectivity index (χ1) is 15.2. The second kappa shape index (κ2) is 12.5. The number of fused-ring (bicyclic) bond motifs is 4. The van der Waals surface area contributed by atoms with Gasteiger partial charge in [0.25, 0.3) is 0 Å². The number of carbonyl (C=O) groups excluding carboxylic acids is 3. The molecule has 3 rings (SSSR count). The Kier molecular flexibility index (Phi) is 10.6. The van der Waals surface area contributed by atoms with Crippen molar-refractivity contribution in [2.75, 3.05) is 11.5 Å². The van der Waals surface area contributed by atoms with Gasteiger partial charge in [-0.25, -0.2) is 9.78 Å². The number of thioether (sulfide) groups is 1. The number of amides is 2. The van der Waals surface area contributed by atoms with Gasteiger partial charge in [0.1, 0.15) is 33.4 Å². The van der Waals surface area contributed by atoms with Crippen LogP contribution in [0.4, 0.5) is 0 Å². The van der Waals surface area contributed by atoms with E-state index in [1.807, 2.05) is 19.2 Å². The Morgan fingerprint density at radius 2 is 2.12 bits per heavy atom. The molecule has 3 atom stereocenters. The maximum Gasteiger partial charge on any atom is 0.329 e. The third-order valence-electron chi connectivity index (χ3n) is 5.03. The van der Waals surface area contributed by atoms with Crippen LogP contribution < -0.4 is 10.6 Å². The van der Waals surface area contributed by atoms with E-state index in [0.29, 0.717) is 28.7 Å². The van der Waals surface area contributed by atoms with Crippen LogP contribution in [0.1, 0.15) is 44.3 Å². The largest absolute Gasteiger partial charge is 0.792 e. The van der Waals surface area contributed by atoms with Gasteiger partial charge in [0.05, 0.1) is 13.0 Å². The average molecular weight is 561 g/mol. The van der Waals surface area contributed by atoms with Gasteiger partial charge in [-0.3, -0.25) is 14.6 Å². The Bertz CT molecular complexity index is 936. The summed E-state index contributed by atoms with van der Waals surface area (Å²) in [4.78, 5) is 47.8. The number of cyclic esters (lactones) is 1. The molecule has 8 nitrogen and oxygen atoms in total. The summed E-state index contributed by atoms with van der Waals surface area (Å²) in [6.07, 6.45) is 3.33. The van der Waals surface area contributed by atoms with Crippen LogP contribution in [0.5, 0.6) is 0 Å². The average Bonchev–Trinajstić information content (AvgIpc) is 3.37. The number of hydrogen-bond donors (Lipinski definition) is 2. The molecule has 0 spiro atoms. The van der Waals surface area contributed by atoms with Gasteiger partial charge in [0.2, 0.25) is 11.8 Å². The molecular formula is C21H27N4O4S3Zn-. The number of aliphatic imine (C=N–C) groups is 1. The Balaban J connectivity index is 0.00000385. The van der Waals surface area contributed by atoms with Crippen LogP contribution in [0.15, 0.2) is 22.5 Å². The van der Waals surface area contributed by atoms with Crippen molar-refractivity contribution < 1.29 is 38.6 Å². The van der Waals surface area contributed by atoms with Crippen molar-refractivity contribution in [3.63, 3.8) is 0 Å². The summed E-state index contributed by atoms with van der Waals surface area (Å²) in [5.74, 6) is -0.418. The summed E-state index contributed by atoms with van der Waals surface area (Å²) in [7, 11) is 0. The molecule has 0 saturated carbocycles. The number of thiazole rings is 1. The van der Waals surface area contributed by atoms with Crippen molar-refractivity contribution in [1.82, 2.24) is 15.6 Å². The molecule has 0 saturated heterocycles. The molecule has 2 aliphatic heterocycles. The number of esters is 1. The fraction of sp³-hybridized carbons (Fsp3) is 0.571. The van der Waals surface area contributed by atoms with Crippen LogP contribution in [0.2, 0.25) is 0 Å². The van der Waals surface area contributed by atoms with Crippen LogP contribution >= 0.6 is 23.1 Å². The third-order valence-corrected chi connectivity index (χ3v) is 7.40. The fourth-order valence-corrected chi connectivity index (χ4v) is 5.21. The Morgan fingerprint density at radius 3 is 2.82 bits per heavy atom. The van der Waals surface area contributed by atoms with E-state index >= 15 is 0 Å². The molecule has 1 aromatic heterocycles.